The van der Waals surface area contributed by atoms with Crippen LogP contribution in [-0.4, -0.2) is 10.2 Å². The van der Waals surface area contributed by atoms with Gasteiger partial charge >= 0.3 is 0 Å². The van der Waals surface area contributed by atoms with Crippen molar-refractivity contribution in [3.63, 3.8) is 0 Å². The predicted octanol–water partition coefficient (Wildman–Crippen LogP) is 3.50. The number of alkyl halides is 1. The largest absolute Gasteiger partial charge is 0.122 e. The van der Waals surface area contributed by atoms with Crippen LogP contribution in [-0.2, 0) is 5.88 Å². The van der Waals surface area contributed by atoms with E-state index in [0.717, 1.165) is 10.8 Å². The van der Waals surface area contributed by atoms with Crippen LogP contribution in [0.25, 0.3) is 11.1 Å². The molecular formula is C15H14ClSi. The molecule has 0 heterocycles. The molecule has 2 rings (SSSR count). The predicted molar refractivity (Wildman–Crippen MR) is 76.3 cm³/mol. The topological polar surface area (TPSA) is 0 Å². The van der Waals surface area contributed by atoms with Crippen molar-refractivity contribution in [2.75, 3.05) is 0 Å². The van der Waals surface area contributed by atoms with Crippen LogP contribution in [0.2, 0.25) is 0 Å². The van der Waals surface area contributed by atoms with E-state index in [4.69, 9.17) is 11.6 Å². The van der Waals surface area contributed by atoms with Gasteiger partial charge in [0.15, 0.2) is 0 Å². The number of halogens is 1. The fraction of sp³-hybridized carbons (Fsp3) is 0.200. The van der Waals surface area contributed by atoms with Crippen LogP contribution in [0.5, 0.6) is 0 Å². The monoisotopic (exact) mass is 257 g/mol. The third-order valence-electron chi connectivity index (χ3n) is 2.81. The second-order valence-corrected chi connectivity index (χ2v) is 5.16. The van der Waals surface area contributed by atoms with Gasteiger partial charge in [0, 0.05) is 5.88 Å². The summed E-state index contributed by atoms with van der Waals surface area (Å²) in [6.45, 7) is 4.24. The molecule has 0 saturated carbocycles. The fourth-order valence-electron chi connectivity index (χ4n) is 2.17. The van der Waals surface area contributed by atoms with Gasteiger partial charge in [0.2, 0.25) is 0 Å². The van der Waals surface area contributed by atoms with Crippen LogP contribution in [0, 0.1) is 13.8 Å². The van der Waals surface area contributed by atoms with E-state index in [1.165, 1.54) is 22.3 Å². The summed E-state index contributed by atoms with van der Waals surface area (Å²) in [5.41, 5.74) is 6.13. The fourth-order valence-corrected chi connectivity index (χ4v) is 2.80. The highest BCUT2D eigenvalue weighted by Crippen LogP contribution is 2.25. The summed E-state index contributed by atoms with van der Waals surface area (Å²) in [7, 11) is 3.67. The maximum absolute atomic E-state index is 6.01. The zero-order chi connectivity index (χ0) is 12.4. The number of aryl methyl sites for hydroxylation is 2. The van der Waals surface area contributed by atoms with Gasteiger partial charge in [-0.05, 0) is 30.5 Å². The highest BCUT2D eigenvalue weighted by atomic mass is 35.5. The highest BCUT2D eigenvalue weighted by Gasteiger charge is 2.08. The molecule has 0 saturated heterocycles. The Balaban J connectivity index is 2.67. The van der Waals surface area contributed by atoms with E-state index in [9.17, 15) is 0 Å². The Labute approximate surface area is 111 Å². The van der Waals surface area contributed by atoms with Crippen molar-refractivity contribution in [2.45, 2.75) is 19.7 Å². The quantitative estimate of drug-likeness (QED) is 0.571. The molecule has 0 nitrogen and oxygen atoms in total. The molecule has 0 aliphatic heterocycles. The minimum absolute atomic E-state index is 0.528. The highest BCUT2D eigenvalue weighted by molar-refractivity contribution is 6.36. The number of rotatable bonds is 2. The van der Waals surface area contributed by atoms with Gasteiger partial charge in [0.05, 0.1) is 10.2 Å². The number of hydrogen-bond donors (Lipinski definition) is 0. The molecule has 0 bridgehead atoms. The second-order valence-electron chi connectivity index (χ2n) is 4.35. The molecule has 0 aromatic heterocycles. The molecule has 0 atom stereocenters. The Morgan fingerprint density at radius 1 is 1.06 bits per heavy atom. The van der Waals surface area contributed by atoms with Crippen molar-refractivity contribution in [3.8, 4) is 11.1 Å². The van der Waals surface area contributed by atoms with Gasteiger partial charge in [0.25, 0.3) is 0 Å². The van der Waals surface area contributed by atoms with E-state index in [0.29, 0.717) is 5.88 Å². The molecule has 0 amide bonds. The Hall–Kier alpha value is -1.05. The van der Waals surface area contributed by atoms with Crippen molar-refractivity contribution >= 4 is 27.0 Å². The normalized spacial score (nSPS) is 10.6. The molecule has 2 aromatic carbocycles. The molecule has 0 unspecified atom stereocenters. The van der Waals surface area contributed by atoms with E-state index in [1.54, 1.807) is 0 Å². The van der Waals surface area contributed by atoms with Gasteiger partial charge in [-0.15, -0.1) is 11.6 Å². The average Bonchev–Trinajstić information content (AvgIpc) is 2.27. The summed E-state index contributed by atoms with van der Waals surface area (Å²) in [5.74, 6) is 0.528. The SMILES string of the molecule is Cc1cc(C)cc(-c2c([Si])cccc2CCl)c1. The lowest BCUT2D eigenvalue weighted by atomic mass is 9.97. The van der Waals surface area contributed by atoms with E-state index in [1.807, 2.05) is 6.07 Å². The summed E-state index contributed by atoms with van der Waals surface area (Å²) in [6.07, 6.45) is 0. The Bertz CT molecular complexity index is 526. The molecule has 2 heteroatoms. The summed E-state index contributed by atoms with van der Waals surface area (Å²) in [6, 6.07) is 12.7. The molecule has 0 aliphatic rings. The van der Waals surface area contributed by atoms with Crippen molar-refractivity contribution in [1.29, 1.82) is 0 Å². The van der Waals surface area contributed by atoms with Crippen molar-refractivity contribution in [1.82, 2.24) is 0 Å². The minimum Gasteiger partial charge on any atom is -0.122 e. The van der Waals surface area contributed by atoms with Gasteiger partial charge < -0.3 is 0 Å². The summed E-state index contributed by atoms with van der Waals surface area (Å²) < 4.78 is 0. The lowest BCUT2D eigenvalue weighted by Crippen LogP contribution is -2.09. The van der Waals surface area contributed by atoms with E-state index < -0.39 is 0 Å². The summed E-state index contributed by atoms with van der Waals surface area (Å²) in [5, 5.41) is 1.09. The average molecular weight is 258 g/mol. The van der Waals surface area contributed by atoms with E-state index in [2.05, 4.69) is 54.4 Å². The summed E-state index contributed by atoms with van der Waals surface area (Å²) in [4.78, 5) is 0. The lowest BCUT2D eigenvalue weighted by Gasteiger charge is -2.12. The third kappa shape index (κ3) is 2.62. The van der Waals surface area contributed by atoms with Crippen LogP contribution in [0.15, 0.2) is 36.4 Å². The van der Waals surface area contributed by atoms with Gasteiger partial charge in [-0.3, -0.25) is 0 Å². The van der Waals surface area contributed by atoms with Gasteiger partial charge in [0.1, 0.15) is 0 Å². The molecule has 17 heavy (non-hydrogen) atoms. The Kier molecular flexibility index (Phi) is 3.70. The van der Waals surface area contributed by atoms with E-state index in [-0.39, 0.29) is 0 Å². The minimum atomic E-state index is 0.528. The first-order valence-electron chi connectivity index (χ1n) is 5.60. The second kappa shape index (κ2) is 5.07. The molecule has 0 spiro atoms. The molecule has 0 fully saturated rings. The molecule has 0 aliphatic carbocycles. The zero-order valence-corrected chi connectivity index (χ0v) is 11.8. The maximum atomic E-state index is 6.01. The van der Waals surface area contributed by atoms with Crippen LogP contribution in [0.3, 0.4) is 0 Å². The van der Waals surface area contributed by atoms with E-state index >= 15 is 0 Å². The lowest BCUT2D eigenvalue weighted by molar-refractivity contribution is 1.36. The van der Waals surface area contributed by atoms with Crippen LogP contribution in [0.1, 0.15) is 16.7 Å². The van der Waals surface area contributed by atoms with Crippen LogP contribution in [0.4, 0.5) is 0 Å². The first kappa shape index (κ1) is 12.4. The van der Waals surface area contributed by atoms with Crippen molar-refractivity contribution in [3.05, 3.63) is 53.1 Å². The van der Waals surface area contributed by atoms with Gasteiger partial charge in [-0.25, -0.2) is 0 Å². The van der Waals surface area contributed by atoms with Gasteiger partial charge in [-0.2, -0.15) is 0 Å². The summed E-state index contributed by atoms with van der Waals surface area (Å²) >= 11 is 6.01. The Morgan fingerprint density at radius 2 is 1.71 bits per heavy atom. The molecule has 3 radical (unpaired) electrons. The Morgan fingerprint density at radius 3 is 2.29 bits per heavy atom. The smallest absolute Gasteiger partial charge is 0.0720 e. The third-order valence-corrected chi connectivity index (χ3v) is 3.51. The van der Waals surface area contributed by atoms with Crippen LogP contribution >= 0.6 is 11.6 Å². The molecule has 2 aromatic rings. The zero-order valence-electron chi connectivity index (χ0n) is 10.0. The number of hydrogen-bond acceptors (Lipinski definition) is 0. The molecule has 85 valence electrons. The first-order chi connectivity index (χ1) is 8.11. The maximum Gasteiger partial charge on any atom is 0.0720 e. The van der Waals surface area contributed by atoms with Gasteiger partial charge in [-0.1, -0.05) is 52.7 Å². The van der Waals surface area contributed by atoms with Crippen molar-refractivity contribution < 1.29 is 0 Å². The number of benzene rings is 2. The van der Waals surface area contributed by atoms with Crippen LogP contribution < -0.4 is 5.19 Å². The molecule has 0 N–H and O–H groups in total. The molecular weight excluding hydrogens is 244 g/mol. The standard InChI is InChI=1S/C15H14ClSi/c1-10-6-11(2)8-13(7-10)15-12(9-16)4-3-5-14(15)17/h3-8H,9H2,1-2H3. The van der Waals surface area contributed by atoms with Crippen molar-refractivity contribution in [2.24, 2.45) is 0 Å². The first-order valence-corrected chi connectivity index (χ1v) is 6.63.